The second-order valence-electron chi connectivity index (χ2n) is 12.7. The van der Waals surface area contributed by atoms with Crippen molar-refractivity contribution >= 4 is 28.3 Å². The first-order valence-corrected chi connectivity index (χ1v) is 16.5. The third-order valence-corrected chi connectivity index (χ3v) is 7.87. The summed E-state index contributed by atoms with van der Waals surface area (Å²) in [6.07, 6.45) is 6.88. The highest BCUT2D eigenvalue weighted by Crippen LogP contribution is 2.31. The van der Waals surface area contributed by atoms with Crippen molar-refractivity contribution in [3.05, 3.63) is 35.1 Å². The van der Waals surface area contributed by atoms with Crippen molar-refractivity contribution in [2.24, 2.45) is 17.3 Å². The van der Waals surface area contributed by atoms with Gasteiger partial charge in [-0.1, -0.05) is 46.5 Å². The van der Waals surface area contributed by atoms with Gasteiger partial charge in [-0.25, -0.2) is 18.2 Å². The molecule has 0 aromatic heterocycles. The topological polar surface area (TPSA) is 156 Å². The van der Waals surface area contributed by atoms with Crippen LogP contribution < -0.4 is 10.6 Å². The van der Waals surface area contributed by atoms with E-state index in [1.54, 1.807) is 4.90 Å². The van der Waals surface area contributed by atoms with E-state index in [9.17, 15) is 41.2 Å². The molecule has 1 aliphatic carbocycles. The lowest BCUT2D eigenvalue weighted by molar-refractivity contribution is -0.156. The Morgan fingerprint density at radius 1 is 1.07 bits per heavy atom. The monoisotopic (exact) mass is 650 g/mol. The third kappa shape index (κ3) is 12.7. The number of piperidine rings is 1. The molecule has 0 spiro atoms. The number of carbonyl (C=O) groups is 3. The van der Waals surface area contributed by atoms with Crippen molar-refractivity contribution in [1.29, 1.82) is 0 Å². The lowest BCUT2D eigenvalue weighted by Gasteiger charge is -2.39. The number of nitrogens with one attached hydrogen (secondary N) is 2. The van der Waals surface area contributed by atoms with Gasteiger partial charge in [0, 0.05) is 37.3 Å². The first kappa shape index (κ1) is 37.4. The highest BCUT2D eigenvalue weighted by Gasteiger charge is 2.38. The fraction of sp³-hybridized carbons (Fsp3) is 0.690. The molecule has 2 atom stereocenters. The fourth-order valence-electron chi connectivity index (χ4n) is 5.53. The minimum absolute atomic E-state index is 0.0334. The number of amides is 3. The van der Waals surface area contributed by atoms with Gasteiger partial charge in [0.05, 0.1) is 18.7 Å². The van der Waals surface area contributed by atoms with Crippen LogP contribution in [0, 0.1) is 34.7 Å². The van der Waals surface area contributed by atoms with E-state index in [-0.39, 0.29) is 42.9 Å². The van der Waals surface area contributed by atoms with Gasteiger partial charge in [0.15, 0.2) is 11.6 Å². The molecule has 44 heavy (non-hydrogen) atoms. The number of carbonyl (C=O) groups excluding carboxylic acids is 3. The number of nitrogens with zero attached hydrogens (tertiary/aromatic N) is 2. The zero-order valence-electron chi connectivity index (χ0n) is 25.7. The van der Waals surface area contributed by atoms with Crippen molar-refractivity contribution in [3.63, 3.8) is 0 Å². The van der Waals surface area contributed by atoms with Gasteiger partial charge in [0.25, 0.3) is 10.1 Å². The second-order valence-corrected chi connectivity index (χ2v) is 14.2. The van der Waals surface area contributed by atoms with Crippen LogP contribution in [0.2, 0.25) is 0 Å². The van der Waals surface area contributed by atoms with E-state index in [2.05, 4.69) is 10.6 Å². The Bertz CT molecular complexity index is 1220. The van der Waals surface area contributed by atoms with Crippen LogP contribution in [0.3, 0.4) is 0 Å². The van der Waals surface area contributed by atoms with E-state index in [0.29, 0.717) is 55.7 Å². The largest absolute Gasteiger partial charge is 0.344 e. The molecule has 1 saturated heterocycles. The standard InChI is InChI=1S/C28H41F3N4O4.CH4O3S/c1-28(2,3)25(33-26(37)20(16-35(39)17-36)12-18-6-4-5-7-18)27(38)34-10-8-21(9-11-34)32-15-19-13-23(30)24(31)14-22(19)29;1-5(2,3)4/h13-14,17-18,20-21,25,32,39H,4-12,15-16H2,1-3H3,(H,33,37);1H3,(H,2,3,4)/t20-,25+;/m0./s1. The first-order valence-electron chi connectivity index (χ1n) is 14.7. The van der Waals surface area contributed by atoms with Gasteiger partial charge in [0.2, 0.25) is 18.2 Å². The summed E-state index contributed by atoms with van der Waals surface area (Å²) in [6.45, 7) is 6.35. The van der Waals surface area contributed by atoms with Crippen molar-refractivity contribution in [1.82, 2.24) is 20.6 Å². The van der Waals surface area contributed by atoms with Crippen LogP contribution in [0.4, 0.5) is 13.2 Å². The number of hydrogen-bond acceptors (Lipinski definition) is 7. The zero-order valence-corrected chi connectivity index (χ0v) is 26.5. The van der Waals surface area contributed by atoms with Crippen LogP contribution in [-0.2, 0) is 31.0 Å². The predicted octanol–water partition coefficient (Wildman–Crippen LogP) is 3.26. The Kier molecular flexibility index (Phi) is 14.1. The Hall–Kier alpha value is -2.75. The highest BCUT2D eigenvalue weighted by molar-refractivity contribution is 7.85. The molecule has 3 rings (SSSR count). The van der Waals surface area contributed by atoms with Crippen LogP contribution in [0.1, 0.15) is 71.3 Å². The lowest BCUT2D eigenvalue weighted by atomic mass is 9.84. The maximum atomic E-state index is 13.9. The number of likely N-dealkylation sites (tertiary alicyclic amines) is 1. The van der Waals surface area contributed by atoms with Crippen LogP contribution in [0.25, 0.3) is 0 Å². The molecule has 3 amide bonds. The summed E-state index contributed by atoms with van der Waals surface area (Å²) in [4.78, 5) is 39.6. The van der Waals surface area contributed by atoms with Gasteiger partial charge >= 0.3 is 0 Å². The zero-order chi connectivity index (χ0) is 33.2. The van der Waals surface area contributed by atoms with Gasteiger partial charge < -0.3 is 15.5 Å². The van der Waals surface area contributed by atoms with Crippen LogP contribution in [-0.4, -0.2) is 84.3 Å². The molecule has 1 aromatic rings. The number of hydroxylamine groups is 2. The number of benzene rings is 1. The van der Waals surface area contributed by atoms with Crippen molar-refractivity contribution in [2.45, 2.75) is 84.3 Å². The number of hydrogen-bond donors (Lipinski definition) is 4. The smallest absolute Gasteiger partial charge is 0.261 e. The van der Waals surface area contributed by atoms with Gasteiger partial charge in [-0.05, 0) is 36.7 Å². The average molecular weight is 651 g/mol. The van der Waals surface area contributed by atoms with Crippen LogP contribution in [0.15, 0.2) is 12.1 Å². The van der Waals surface area contributed by atoms with E-state index >= 15 is 0 Å². The lowest BCUT2D eigenvalue weighted by Crippen LogP contribution is -2.58. The molecule has 4 N–H and O–H groups in total. The highest BCUT2D eigenvalue weighted by atomic mass is 32.2. The molecule has 1 aliphatic heterocycles. The molecular weight excluding hydrogens is 605 g/mol. The van der Waals surface area contributed by atoms with Crippen molar-refractivity contribution < 1.29 is 45.7 Å². The van der Waals surface area contributed by atoms with Crippen LogP contribution in [0.5, 0.6) is 0 Å². The molecule has 2 fully saturated rings. The van der Waals surface area contributed by atoms with E-state index in [1.165, 1.54) is 0 Å². The van der Waals surface area contributed by atoms with Crippen molar-refractivity contribution in [2.75, 3.05) is 25.9 Å². The van der Waals surface area contributed by atoms with E-state index in [0.717, 1.165) is 31.7 Å². The van der Waals surface area contributed by atoms with Gasteiger partial charge in [-0.15, -0.1) is 0 Å². The normalized spacial score (nSPS) is 17.8. The molecular formula is C29H45F3N4O7S. The molecule has 11 nitrogen and oxygen atoms in total. The molecule has 0 unspecified atom stereocenters. The maximum Gasteiger partial charge on any atom is 0.261 e. The summed E-state index contributed by atoms with van der Waals surface area (Å²) in [5.41, 5.74) is -0.556. The van der Waals surface area contributed by atoms with E-state index in [4.69, 9.17) is 4.55 Å². The summed E-state index contributed by atoms with van der Waals surface area (Å²) < 4.78 is 66.5. The van der Waals surface area contributed by atoms with Crippen LogP contribution >= 0.6 is 0 Å². The molecule has 0 bridgehead atoms. The number of rotatable bonds is 11. The second kappa shape index (κ2) is 16.5. The molecule has 15 heteroatoms. The predicted molar refractivity (Wildman–Crippen MR) is 156 cm³/mol. The molecule has 1 saturated carbocycles. The molecule has 1 heterocycles. The number of halogens is 3. The molecule has 2 aliphatic rings. The molecule has 0 radical (unpaired) electrons. The Morgan fingerprint density at radius 2 is 1.61 bits per heavy atom. The maximum absolute atomic E-state index is 13.9. The Morgan fingerprint density at radius 3 is 2.14 bits per heavy atom. The molecule has 250 valence electrons. The Balaban J connectivity index is 0.00000125. The quantitative estimate of drug-likeness (QED) is 0.0935. The Labute approximate surface area is 257 Å². The van der Waals surface area contributed by atoms with Crippen molar-refractivity contribution in [3.8, 4) is 0 Å². The van der Waals surface area contributed by atoms with E-state index < -0.39 is 44.9 Å². The first-order chi connectivity index (χ1) is 20.4. The summed E-state index contributed by atoms with van der Waals surface area (Å²) in [7, 11) is -3.67. The summed E-state index contributed by atoms with van der Waals surface area (Å²) >= 11 is 0. The summed E-state index contributed by atoms with van der Waals surface area (Å²) in [5, 5.41) is 16.4. The van der Waals surface area contributed by atoms with Gasteiger partial charge in [-0.2, -0.15) is 8.42 Å². The minimum atomic E-state index is -3.67. The SMILES string of the molecule is CC(C)(C)[C@H](NC(=O)[C@@H](CC1CCCC1)CN(O)C=O)C(=O)N1CCC(NCc2cc(F)c(F)cc2F)CC1.CS(=O)(=O)O. The fourth-order valence-corrected chi connectivity index (χ4v) is 5.53. The minimum Gasteiger partial charge on any atom is -0.344 e. The van der Waals surface area contributed by atoms with Gasteiger partial charge in [0.1, 0.15) is 11.9 Å². The van der Waals surface area contributed by atoms with Gasteiger partial charge in [-0.3, -0.25) is 24.1 Å². The molecule has 1 aromatic carbocycles. The summed E-state index contributed by atoms with van der Waals surface area (Å²) in [6, 6.07) is 0.529. The van der Waals surface area contributed by atoms with E-state index in [1.807, 2.05) is 20.8 Å². The third-order valence-electron chi connectivity index (χ3n) is 7.87. The average Bonchev–Trinajstić information content (AvgIpc) is 3.44. The summed E-state index contributed by atoms with van der Waals surface area (Å²) in [5.74, 6) is -4.01.